The Morgan fingerprint density at radius 3 is 0.825 bits per heavy atom. The van der Waals surface area contributed by atoms with Crippen LogP contribution in [-0.2, 0) is 28.6 Å². The van der Waals surface area contributed by atoms with Crippen molar-refractivity contribution in [3.63, 3.8) is 0 Å². The summed E-state index contributed by atoms with van der Waals surface area (Å²) in [6, 6.07) is 0. The number of hydrogen-bond donors (Lipinski definition) is 0. The molecule has 6 nitrogen and oxygen atoms in total. The Bertz CT molecular complexity index is 1560. The number of esters is 3. The average Bonchev–Trinajstić information content (AvgIpc) is 3.46. The molecule has 0 bridgehead atoms. The van der Waals surface area contributed by atoms with Crippen molar-refractivity contribution < 1.29 is 28.6 Å². The van der Waals surface area contributed by atoms with E-state index >= 15 is 0 Å². The summed E-state index contributed by atoms with van der Waals surface area (Å²) in [6.07, 6.45) is 91.5. The molecule has 0 rings (SSSR count). The van der Waals surface area contributed by atoms with E-state index in [1.165, 1.54) is 180 Å². The lowest BCUT2D eigenvalue weighted by molar-refractivity contribution is -0.167. The van der Waals surface area contributed by atoms with Gasteiger partial charge >= 0.3 is 17.9 Å². The maximum Gasteiger partial charge on any atom is 0.306 e. The quantitative estimate of drug-likeness (QED) is 0.0261. The van der Waals surface area contributed by atoms with Crippen molar-refractivity contribution in [3.8, 4) is 0 Å². The first-order valence-electron chi connectivity index (χ1n) is 34.2. The third kappa shape index (κ3) is 65.1. The lowest BCUT2D eigenvalue weighted by Gasteiger charge is -2.18. The van der Waals surface area contributed by atoms with Gasteiger partial charge in [0.1, 0.15) is 13.2 Å². The van der Waals surface area contributed by atoms with Gasteiger partial charge in [0, 0.05) is 19.3 Å². The van der Waals surface area contributed by atoms with E-state index in [0.717, 1.165) is 116 Å². The van der Waals surface area contributed by atoms with Crippen LogP contribution in [0.2, 0.25) is 0 Å². The molecule has 0 saturated heterocycles. The van der Waals surface area contributed by atoms with Gasteiger partial charge in [-0.15, -0.1) is 0 Å². The largest absolute Gasteiger partial charge is 0.462 e. The summed E-state index contributed by atoms with van der Waals surface area (Å²) in [6.45, 7) is 6.48. The molecule has 0 aliphatic heterocycles. The normalized spacial score (nSPS) is 12.7. The Labute approximate surface area is 496 Å². The highest BCUT2D eigenvalue weighted by Crippen LogP contribution is 2.17. The monoisotopic (exact) mass is 1110 g/mol. The van der Waals surface area contributed by atoms with Crippen LogP contribution < -0.4 is 0 Å². The number of carbonyl (C=O) groups is 3. The van der Waals surface area contributed by atoms with Crippen LogP contribution in [0, 0.1) is 0 Å². The van der Waals surface area contributed by atoms with E-state index < -0.39 is 6.10 Å². The average molecular weight is 1110 g/mol. The van der Waals surface area contributed by atoms with Crippen LogP contribution in [0.1, 0.15) is 335 Å². The molecule has 0 N–H and O–H groups in total. The molecule has 0 saturated carbocycles. The molecular formula is C74H128O6. The Morgan fingerprint density at radius 2 is 0.512 bits per heavy atom. The fourth-order valence-corrected chi connectivity index (χ4v) is 9.68. The van der Waals surface area contributed by atoms with Gasteiger partial charge in [-0.3, -0.25) is 14.4 Å². The summed E-state index contributed by atoms with van der Waals surface area (Å²) in [5, 5.41) is 0. The van der Waals surface area contributed by atoms with E-state index in [-0.39, 0.29) is 31.1 Å². The third-order valence-corrected chi connectivity index (χ3v) is 14.8. The molecule has 1 atom stereocenters. The molecule has 0 aliphatic carbocycles. The molecule has 0 aromatic rings. The highest BCUT2D eigenvalue weighted by Gasteiger charge is 2.19. The summed E-state index contributed by atoms with van der Waals surface area (Å²) in [5.74, 6) is -0.886. The van der Waals surface area contributed by atoms with E-state index in [2.05, 4.69) is 118 Å². The third-order valence-electron chi connectivity index (χ3n) is 14.8. The summed E-state index contributed by atoms with van der Waals surface area (Å²) < 4.78 is 16.9. The molecule has 0 spiro atoms. The second kappa shape index (κ2) is 67.8. The summed E-state index contributed by atoms with van der Waals surface area (Å²) in [7, 11) is 0. The first-order valence-corrected chi connectivity index (χ1v) is 34.2. The van der Waals surface area contributed by atoms with Crippen LogP contribution in [-0.4, -0.2) is 37.2 Å². The lowest BCUT2D eigenvalue weighted by atomic mass is 10.0. The van der Waals surface area contributed by atoms with Crippen LogP contribution in [0.4, 0.5) is 0 Å². The standard InChI is InChI=1S/C74H128O6/c1-4-7-10-13-16-19-22-24-26-28-30-32-34-36-37-39-40-42-44-46-48-50-52-55-58-61-64-67-73(76)79-70-71(69-78-72(75)66-63-60-57-54-21-18-15-12-9-6-3)80-74(77)68-65-62-59-56-53-51-49-47-45-43-41-38-35-33-31-29-27-25-23-20-17-14-11-8-5-2/h8,11-12,15,17,20,22,24-25,27-28,30-31,33,38,41,71H,4-7,9-10,13-14,16,18-19,21,23,26,29,32,34-37,39-40,42-70H2,1-3H3/b11-8-,15-12-,20-17-,24-22-,27-25-,30-28-,33-31-,41-38-. The van der Waals surface area contributed by atoms with Crippen LogP contribution in [0.25, 0.3) is 0 Å². The minimum Gasteiger partial charge on any atom is -0.462 e. The van der Waals surface area contributed by atoms with Crippen LogP contribution in [0.3, 0.4) is 0 Å². The number of hydrogen-bond acceptors (Lipinski definition) is 6. The Hall–Kier alpha value is -3.67. The second-order valence-corrected chi connectivity index (χ2v) is 22.7. The van der Waals surface area contributed by atoms with Crippen molar-refractivity contribution in [1.29, 1.82) is 0 Å². The fourth-order valence-electron chi connectivity index (χ4n) is 9.68. The highest BCUT2D eigenvalue weighted by molar-refractivity contribution is 5.71. The summed E-state index contributed by atoms with van der Waals surface area (Å²) in [4.78, 5) is 38.3. The molecule has 460 valence electrons. The second-order valence-electron chi connectivity index (χ2n) is 22.7. The molecule has 0 radical (unpaired) electrons. The van der Waals surface area contributed by atoms with Crippen molar-refractivity contribution in [2.24, 2.45) is 0 Å². The summed E-state index contributed by atoms with van der Waals surface area (Å²) in [5.41, 5.74) is 0. The number of rotatable bonds is 62. The zero-order valence-electron chi connectivity index (χ0n) is 52.8. The van der Waals surface area contributed by atoms with E-state index in [1.54, 1.807) is 0 Å². The van der Waals surface area contributed by atoms with Gasteiger partial charge in [0.2, 0.25) is 0 Å². The summed E-state index contributed by atoms with van der Waals surface area (Å²) >= 11 is 0. The maximum atomic E-state index is 12.9. The molecule has 0 aromatic carbocycles. The van der Waals surface area contributed by atoms with Gasteiger partial charge in [-0.05, 0) is 116 Å². The van der Waals surface area contributed by atoms with Crippen LogP contribution in [0.15, 0.2) is 97.2 Å². The molecule has 0 aromatic heterocycles. The Morgan fingerprint density at radius 1 is 0.263 bits per heavy atom. The zero-order chi connectivity index (χ0) is 57.8. The molecule has 0 fully saturated rings. The highest BCUT2D eigenvalue weighted by atomic mass is 16.6. The zero-order valence-corrected chi connectivity index (χ0v) is 52.8. The molecule has 1 unspecified atom stereocenters. The van der Waals surface area contributed by atoms with Crippen molar-refractivity contribution in [3.05, 3.63) is 97.2 Å². The van der Waals surface area contributed by atoms with Gasteiger partial charge in [-0.2, -0.15) is 0 Å². The molecule has 80 heavy (non-hydrogen) atoms. The van der Waals surface area contributed by atoms with Gasteiger partial charge in [-0.25, -0.2) is 0 Å². The van der Waals surface area contributed by atoms with Gasteiger partial charge in [0.15, 0.2) is 6.10 Å². The van der Waals surface area contributed by atoms with Crippen molar-refractivity contribution >= 4 is 17.9 Å². The molecule has 0 aliphatic rings. The Kier molecular flexibility index (Phi) is 64.7. The topological polar surface area (TPSA) is 78.9 Å². The number of unbranched alkanes of at least 4 members (excludes halogenated alkanes) is 35. The van der Waals surface area contributed by atoms with E-state index in [0.29, 0.717) is 19.3 Å². The minimum absolute atomic E-state index is 0.0808. The Balaban J connectivity index is 4.21. The number of carbonyl (C=O) groups excluding carboxylic acids is 3. The molecule has 6 heteroatoms. The van der Waals surface area contributed by atoms with Crippen LogP contribution >= 0.6 is 0 Å². The van der Waals surface area contributed by atoms with Gasteiger partial charge in [-0.1, -0.05) is 298 Å². The number of ether oxygens (including phenoxy) is 3. The predicted molar refractivity (Wildman–Crippen MR) is 348 cm³/mol. The molecular weight excluding hydrogens is 985 g/mol. The number of allylic oxidation sites excluding steroid dienone is 16. The van der Waals surface area contributed by atoms with Crippen LogP contribution in [0.5, 0.6) is 0 Å². The van der Waals surface area contributed by atoms with Crippen molar-refractivity contribution in [2.75, 3.05) is 13.2 Å². The first kappa shape index (κ1) is 76.3. The van der Waals surface area contributed by atoms with E-state index in [1.807, 2.05) is 0 Å². The predicted octanol–water partition coefficient (Wildman–Crippen LogP) is 23.6. The van der Waals surface area contributed by atoms with Gasteiger partial charge < -0.3 is 14.2 Å². The molecule has 0 amide bonds. The van der Waals surface area contributed by atoms with Crippen molar-refractivity contribution in [1.82, 2.24) is 0 Å². The van der Waals surface area contributed by atoms with E-state index in [9.17, 15) is 14.4 Å². The maximum absolute atomic E-state index is 12.9. The molecule has 0 heterocycles. The smallest absolute Gasteiger partial charge is 0.306 e. The lowest BCUT2D eigenvalue weighted by Crippen LogP contribution is -2.30. The first-order chi connectivity index (χ1) is 39.5. The van der Waals surface area contributed by atoms with Crippen molar-refractivity contribution in [2.45, 2.75) is 341 Å². The minimum atomic E-state index is -0.785. The van der Waals surface area contributed by atoms with Gasteiger partial charge in [0.05, 0.1) is 0 Å². The van der Waals surface area contributed by atoms with E-state index in [4.69, 9.17) is 14.2 Å². The fraction of sp³-hybridized carbons (Fsp3) is 0.743. The SMILES string of the molecule is CC/C=C\C/C=C\C/C=C\C/C=C\C/C=C\CCCCCCCCCCCC(=O)OC(COC(=O)CCCCCCC/C=C\CCC)COC(=O)CCCCCCCCCCCCCCCCC/C=C\C/C=C\CCCCCCC. The van der Waals surface area contributed by atoms with Gasteiger partial charge in [0.25, 0.3) is 0 Å².